The number of ether oxygens (including phenoxy) is 1. The van der Waals surface area contributed by atoms with E-state index < -0.39 is 17.5 Å². The molecule has 5 aromatic rings. The average Bonchev–Trinajstić information content (AvgIpc) is 3.53. The van der Waals surface area contributed by atoms with E-state index in [0.29, 0.717) is 22.5 Å². The lowest BCUT2D eigenvalue weighted by molar-refractivity contribution is -0.119. The van der Waals surface area contributed by atoms with Gasteiger partial charge in [0.25, 0.3) is 0 Å². The number of aromatic nitrogens is 3. The molecule has 0 atom stereocenters. The molecule has 7 nitrogen and oxygen atoms in total. The van der Waals surface area contributed by atoms with Crippen LogP contribution < -0.4 is 15.4 Å². The highest BCUT2D eigenvalue weighted by molar-refractivity contribution is 7.80. The number of fused-ring (bicyclic) bond motifs is 1. The average molecular weight is 560 g/mol. The number of hydrogen-bond acceptors (Lipinski definition) is 6. The first-order valence-corrected chi connectivity index (χ1v) is 12.7. The highest BCUT2D eigenvalue weighted by Crippen LogP contribution is 2.39. The molecule has 0 spiro atoms. The fourth-order valence-electron chi connectivity index (χ4n) is 3.78. The Morgan fingerprint density at radius 1 is 1.15 bits per heavy atom. The summed E-state index contributed by atoms with van der Waals surface area (Å²) in [5.74, 6) is 1.24. The van der Waals surface area contributed by atoms with Gasteiger partial charge in [0, 0.05) is 42.8 Å². The van der Waals surface area contributed by atoms with E-state index in [0.717, 1.165) is 15.3 Å². The number of thiophene rings is 1. The Hall–Kier alpha value is -4.66. The van der Waals surface area contributed by atoms with Crippen LogP contribution in [-0.2, 0) is 18.3 Å². The molecule has 0 aliphatic carbocycles. The number of nitrogens with one attached hydrogen (secondary N) is 2. The van der Waals surface area contributed by atoms with Gasteiger partial charge >= 0.3 is 0 Å². The molecule has 11 heteroatoms. The van der Waals surface area contributed by atoms with Crippen molar-refractivity contribution in [2.24, 2.45) is 7.05 Å². The summed E-state index contributed by atoms with van der Waals surface area (Å²) < 4.78 is 36.8. The second kappa shape index (κ2) is 11.0. The molecule has 0 aliphatic heterocycles. The number of nitrogens with zero attached hydrogens (tertiary/aromatic N) is 3. The zero-order valence-corrected chi connectivity index (χ0v) is 22.0. The summed E-state index contributed by atoms with van der Waals surface area (Å²) in [5, 5.41) is 5.24. The number of terminal acetylenes is 1. The number of amides is 1. The van der Waals surface area contributed by atoms with Gasteiger partial charge in [0.05, 0.1) is 33.5 Å². The molecule has 2 aromatic carbocycles. The topological polar surface area (TPSA) is 81.1 Å². The molecule has 0 unspecified atom stereocenters. The summed E-state index contributed by atoms with van der Waals surface area (Å²) in [7, 11) is 1.89. The third kappa shape index (κ3) is 5.93. The fraction of sp³-hybridized carbons (Fsp3) is 0.0714. The van der Waals surface area contributed by atoms with Gasteiger partial charge in [-0.2, -0.15) is 0 Å². The quantitative estimate of drug-likeness (QED) is 0.202. The summed E-state index contributed by atoms with van der Waals surface area (Å²) in [6.45, 7) is 0. The summed E-state index contributed by atoms with van der Waals surface area (Å²) >= 11 is 6.63. The fourth-order valence-corrected chi connectivity index (χ4v) is 5.04. The first-order chi connectivity index (χ1) is 18.8. The molecule has 0 radical (unpaired) electrons. The van der Waals surface area contributed by atoms with Crippen molar-refractivity contribution < 1.29 is 18.3 Å². The van der Waals surface area contributed by atoms with E-state index in [9.17, 15) is 13.6 Å². The van der Waals surface area contributed by atoms with Gasteiger partial charge in [-0.3, -0.25) is 9.78 Å². The highest BCUT2D eigenvalue weighted by atomic mass is 32.1. The lowest BCUT2D eigenvalue weighted by atomic mass is 10.0. The third-order valence-corrected chi connectivity index (χ3v) is 6.94. The molecule has 194 valence electrons. The monoisotopic (exact) mass is 559 g/mol. The normalized spacial score (nSPS) is 10.7. The van der Waals surface area contributed by atoms with E-state index in [1.54, 1.807) is 24.7 Å². The maximum Gasteiger partial charge on any atom is 0.230 e. The van der Waals surface area contributed by atoms with Crippen LogP contribution in [0.3, 0.4) is 0 Å². The molecule has 0 bridgehead atoms. The Morgan fingerprint density at radius 3 is 2.74 bits per heavy atom. The van der Waals surface area contributed by atoms with Gasteiger partial charge in [-0.15, -0.1) is 17.8 Å². The van der Waals surface area contributed by atoms with Gasteiger partial charge < -0.3 is 19.9 Å². The Labute approximate surface area is 231 Å². The lowest BCUT2D eigenvalue weighted by Gasteiger charge is -2.12. The van der Waals surface area contributed by atoms with Crippen LogP contribution in [0.2, 0.25) is 0 Å². The molecule has 0 saturated carbocycles. The van der Waals surface area contributed by atoms with Crippen LogP contribution in [0.25, 0.3) is 20.8 Å². The van der Waals surface area contributed by atoms with Gasteiger partial charge in [-0.1, -0.05) is 12.0 Å². The van der Waals surface area contributed by atoms with Gasteiger partial charge in [0.1, 0.15) is 11.6 Å². The Morgan fingerprint density at radius 2 is 2.00 bits per heavy atom. The minimum absolute atomic E-state index is 0.00825. The van der Waals surface area contributed by atoms with Crippen LogP contribution in [0.4, 0.5) is 14.5 Å². The minimum atomic E-state index is -0.634. The number of benzene rings is 2. The molecule has 5 rings (SSSR count). The van der Waals surface area contributed by atoms with Crippen molar-refractivity contribution in [2.75, 3.05) is 5.32 Å². The molecular formula is C28H19F2N5O2S2. The molecular weight excluding hydrogens is 540 g/mol. The van der Waals surface area contributed by atoms with E-state index >= 15 is 0 Å². The number of imidazole rings is 1. The van der Waals surface area contributed by atoms with Crippen LogP contribution >= 0.6 is 23.6 Å². The van der Waals surface area contributed by atoms with Crippen LogP contribution in [0.1, 0.15) is 11.1 Å². The van der Waals surface area contributed by atoms with Crippen molar-refractivity contribution in [3.05, 3.63) is 90.0 Å². The number of anilines is 1. The van der Waals surface area contributed by atoms with Crippen LogP contribution in [0, 0.1) is 24.0 Å². The first kappa shape index (κ1) is 26.0. The predicted molar refractivity (Wildman–Crippen MR) is 151 cm³/mol. The van der Waals surface area contributed by atoms with Gasteiger partial charge in [0.2, 0.25) is 5.91 Å². The summed E-state index contributed by atoms with van der Waals surface area (Å²) in [5.41, 5.74) is 2.60. The summed E-state index contributed by atoms with van der Waals surface area (Å²) in [6, 6.07) is 11.7. The number of rotatable bonds is 6. The van der Waals surface area contributed by atoms with Crippen LogP contribution in [0.5, 0.6) is 11.5 Å². The predicted octanol–water partition coefficient (Wildman–Crippen LogP) is 5.80. The zero-order valence-electron chi connectivity index (χ0n) is 20.4. The SMILES string of the molecule is C#Cc1cc(F)ccc1CC(=O)NC(=S)Nc1ccc(Oc2ccnc3cc(-c4cn(C)cn4)sc23)c(F)c1. The summed E-state index contributed by atoms with van der Waals surface area (Å²) in [4.78, 5) is 22.1. The van der Waals surface area contributed by atoms with Gasteiger partial charge in [0.15, 0.2) is 16.7 Å². The molecule has 3 heterocycles. The van der Waals surface area contributed by atoms with Crippen molar-refractivity contribution in [2.45, 2.75) is 6.42 Å². The van der Waals surface area contributed by atoms with E-state index in [-0.39, 0.29) is 22.8 Å². The number of carbonyl (C=O) groups excluding carboxylic acids is 1. The third-order valence-electron chi connectivity index (χ3n) is 5.57. The smallest absolute Gasteiger partial charge is 0.230 e. The van der Waals surface area contributed by atoms with Crippen molar-refractivity contribution >= 4 is 50.5 Å². The Balaban J connectivity index is 1.25. The zero-order chi connectivity index (χ0) is 27.5. The van der Waals surface area contributed by atoms with Crippen molar-refractivity contribution in [3.8, 4) is 34.4 Å². The molecule has 0 aliphatic rings. The number of pyridine rings is 1. The van der Waals surface area contributed by atoms with Crippen molar-refractivity contribution in [3.63, 3.8) is 0 Å². The van der Waals surface area contributed by atoms with Crippen LogP contribution in [-0.4, -0.2) is 25.6 Å². The molecule has 2 N–H and O–H groups in total. The van der Waals surface area contributed by atoms with E-state index in [4.69, 9.17) is 23.4 Å². The number of hydrogen-bond donors (Lipinski definition) is 2. The first-order valence-electron chi connectivity index (χ1n) is 11.5. The standard InChI is InChI=1S/C28H19F2N5O2S2/c1-3-16-10-18(29)5-4-17(16)11-26(36)34-28(38)33-19-6-7-23(20(30)12-19)37-24-8-9-31-21-13-25(39-27(21)24)22-14-35(2)15-32-22/h1,4-10,12-15H,11H2,2H3,(H2,33,34,36,38). The van der Waals surface area contributed by atoms with Crippen molar-refractivity contribution in [1.29, 1.82) is 0 Å². The molecule has 0 saturated heterocycles. The summed E-state index contributed by atoms with van der Waals surface area (Å²) in [6.07, 6.45) is 10.5. The maximum atomic E-state index is 15.0. The number of aryl methyl sites for hydroxylation is 1. The maximum absolute atomic E-state index is 15.0. The Bertz CT molecular complexity index is 1770. The highest BCUT2D eigenvalue weighted by Gasteiger charge is 2.15. The number of halogens is 2. The van der Waals surface area contributed by atoms with Crippen LogP contribution in [0.15, 0.2) is 67.3 Å². The molecule has 1 amide bonds. The van der Waals surface area contributed by atoms with Gasteiger partial charge in [-0.05, 0) is 48.1 Å². The second-order valence-corrected chi connectivity index (χ2v) is 9.89. The second-order valence-electron chi connectivity index (χ2n) is 8.43. The number of thiocarbonyl (C=S) groups is 1. The Kier molecular flexibility index (Phi) is 7.31. The minimum Gasteiger partial charge on any atom is -0.453 e. The van der Waals surface area contributed by atoms with Crippen molar-refractivity contribution in [1.82, 2.24) is 19.9 Å². The van der Waals surface area contributed by atoms with Gasteiger partial charge in [-0.25, -0.2) is 13.8 Å². The van der Waals surface area contributed by atoms with E-state index in [2.05, 4.69) is 26.5 Å². The largest absolute Gasteiger partial charge is 0.453 e. The number of carbonyl (C=O) groups is 1. The molecule has 0 fully saturated rings. The molecule has 3 aromatic heterocycles. The lowest BCUT2D eigenvalue weighted by Crippen LogP contribution is -2.35. The molecule has 39 heavy (non-hydrogen) atoms. The van der Waals surface area contributed by atoms with E-state index in [1.165, 1.54) is 41.7 Å². The van der Waals surface area contributed by atoms with E-state index in [1.807, 2.05) is 23.9 Å².